The van der Waals surface area contributed by atoms with Gasteiger partial charge in [-0.25, -0.2) is 13.1 Å². The highest BCUT2D eigenvalue weighted by atomic mass is 32.2. The van der Waals surface area contributed by atoms with Gasteiger partial charge in [-0.2, -0.15) is 13.2 Å². The molecule has 2 heterocycles. The van der Waals surface area contributed by atoms with E-state index in [1.807, 2.05) is 0 Å². The van der Waals surface area contributed by atoms with Crippen LogP contribution in [0.2, 0.25) is 0 Å². The van der Waals surface area contributed by atoms with Crippen molar-refractivity contribution < 1.29 is 21.6 Å². The summed E-state index contributed by atoms with van der Waals surface area (Å²) in [6.07, 6.45) is -3.43. The quantitative estimate of drug-likeness (QED) is 0.895. The molecule has 1 fully saturated rings. The molecule has 120 valence electrons. The molecule has 0 aliphatic carbocycles. The van der Waals surface area contributed by atoms with Gasteiger partial charge >= 0.3 is 6.18 Å². The first-order valence-electron chi connectivity index (χ1n) is 6.37. The fourth-order valence-corrected chi connectivity index (χ4v) is 3.66. The van der Waals surface area contributed by atoms with Gasteiger partial charge in [-0.15, -0.1) is 10.2 Å². The van der Waals surface area contributed by atoms with Gasteiger partial charge < -0.3 is 4.90 Å². The number of aromatic nitrogens is 2. The van der Waals surface area contributed by atoms with Crippen molar-refractivity contribution in [2.24, 2.45) is 0 Å². The molecule has 1 aromatic heterocycles. The van der Waals surface area contributed by atoms with E-state index in [-0.39, 0.29) is 16.9 Å². The zero-order chi connectivity index (χ0) is 15.7. The molecule has 6 nitrogen and oxygen atoms in total. The smallest absolute Gasteiger partial charge is 0.347 e. The standard InChI is InChI=1S/C10H15F3N4O2S2/c1-2-21(18,19)16-7-3-5-17(6-4-7)9-15-14-8(20-9)10(11,12)13/h7,16H,2-6H2,1H3. The predicted molar refractivity (Wildman–Crippen MR) is 72.7 cm³/mol. The number of piperidine rings is 1. The molecule has 0 radical (unpaired) electrons. The van der Waals surface area contributed by atoms with Crippen molar-refractivity contribution in [3.8, 4) is 0 Å². The number of hydrogen-bond acceptors (Lipinski definition) is 6. The lowest BCUT2D eigenvalue weighted by Crippen LogP contribution is -2.45. The summed E-state index contributed by atoms with van der Waals surface area (Å²) in [7, 11) is -3.26. The highest BCUT2D eigenvalue weighted by Crippen LogP contribution is 2.34. The zero-order valence-electron chi connectivity index (χ0n) is 11.2. The Morgan fingerprint density at radius 1 is 1.33 bits per heavy atom. The van der Waals surface area contributed by atoms with Gasteiger partial charge in [0.15, 0.2) is 0 Å². The van der Waals surface area contributed by atoms with E-state index in [1.165, 1.54) is 0 Å². The van der Waals surface area contributed by atoms with Gasteiger partial charge in [0.25, 0.3) is 0 Å². The molecule has 0 unspecified atom stereocenters. The van der Waals surface area contributed by atoms with E-state index in [2.05, 4.69) is 14.9 Å². The van der Waals surface area contributed by atoms with Crippen LogP contribution >= 0.6 is 11.3 Å². The molecule has 1 aliphatic rings. The van der Waals surface area contributed by atoms with Crippen molar-refractivity contribution in [1.29, 1.82) is 0 Å². The summed E-state index contributed by atoms with van der Waals surface area (Å²) >= 11 is 0.505. The van der Waals surface area contributed by atoms with E-state index >= 15 is 0 Å². The van der Waals surface area contributed by atoms with Crippen molar-refractivity contribution in [1.82, 2.24) is 14.9 Å². The van der Waals surface area contributed by atoms with Gasteiger partial charge in [0, 0.05) is 19.1 Å². The van der Waals surface area contributed by atoms with Crippen LogP contribution in [-0.2, 0) is 16.2 Å². The van der Waals surface area contributed by atoms with Crippen molar-refractivity contribution in [3.05, 3.63) is 5.01 Å². The molecule has 0 aromatic carbocycles. The normalized spacial score (nSPS) is 18.2. The summed E-state index contributed by atoms with van der Waals surface area (Å²) in [4.78, 5) is 1.70. The Kier molecular flexibility index (Phi) is 4.73. The molecule has 21 heavy (non-hydrogen) atoms. The van der Waals surface area contributed by atoms with E-state index < -0.39 is 21.2 Å². The Morgan fingerprint density at radius 2 is 1.95 bits per heavy atom. The molecule has 1 saturated heterocycles. The summed E-state index contributed by atoms with van der Waals surface area (Å²) in [6.45, 7) is 2.45. The predicted octanol–water partition coefficient (Wildman–Crippen LogP) is 1.47. The SMILES string of the molecule is CCS(=O)(=O)NC1CCN(c2nnc(C(F)(F)F)s2)CC1. The Balaban J connectivity index is 1.94. The van der Waals surface area contributed by atoms with E-state index in [9.17, 15) is 21.6 Å². The molecular formula is C10H15F3N4O2S2. The number of anilines is 1. The van der Waals surface area contributed by atoms with E-state index in [1.54, 1.807) is 11.8 Å². The first kappa shape index (κ1) is 16.4. The number of nitrogens with one attached hydrogen (secondary N) is 1. The topological polar surface area (TPSA) is 75.2 Å². The van der Waals surface area contributed by atoms with Gasteiger partial charge in [-0.05, 0) is 19.8 Å². The van der Waals surface area contributed by atoms with Crippen molar-refractivity contribution in [3.63, 3.8) is 0 Å². The third kappa shape index (κ3) is 4.27. The zero-order valence-corrected chi connectivity index (χ0v) is 12.9. The number of alkyl halides is 3. The third-order valence-electron chi connectivity index (χ3n) is 3.15. The van der Waals surface area contributed by atoms with Crippen LogP contribution in [0.4, 0.5) is 18.3 Å². The first-order chi connectivity index (χ1) is 9.71. The van der Waals surface area contributed by atoms with E-state index in [4.69, 9.17) is 0 Å². The summed E-state index contributed by atoms with van der Waals surface area (Å²) in [5.41, 5.74) is 0. The monoisotopic (exact) mass is 344 g/mol. The van der Waals surface area contributed by atoms with Crippen LogP contribution in [0.3, 0.4) is 0 Å². The van der Waals surface area contributed by atoms with Crippen molar-refractivity contribution in [2.45, 2.75) is 32.0 Å². The van der Waals surface area contributed by atoms with Crippen LogP contribution in [0.1, 0.15) is 24.8 Å². The van der Waals surface area contributed by atoms with Crippen LogP contribution < -0.4 is 9.62 Å². The second-order valence-corrected chi connectivity index (χ2v) is 7.67. The van der Waals surface area contributed by atoms with Gasteiger partial charge in [0.2, 0.25) is 20.2 Å². The van der Waals surface area contributed by atoms with E-state index in [0.29, 0.717) is 37.3 Å². The summed E-state index contributed by atoms with van der Waals surface area (Å²) in [6, 6.07) is -0.179. The molecule has 0 amide bonds. The number of sulfonamides is 1. The molecule has 1 aliphatic heterocycles. The maximum absolute atomic E-state index is 12.5. The van der Waals surface area contributed by atoms with Crippen LogP contribution in [0.15, 0.2) is 0 Å². The second-order valence-electron chi connectivity index (χ2n) is 4.67. The highest BCUT2D eigenvalue weighted by Gasteiger charge is 2.36. The molecule has 11 heteroatoms. The Hall–Kier alpha value is -0.940. The lowest BCUT2D eigenvalue weighted by Gasteiger charge is -2.31. The van der Waals surface area contributed by atoms with Crippen molar-refractivity contribution in [2.75, 3.05) is 23.7 Å². The minimum atomic E-state index is -4.48. The third-order valence-corrected chi connectivity index (χ3v) is 5.63. The average Bonchev–Trinajstić information content (AvgIpc) is 2.89. The molecule has 1 N–H and O–H groups in total. The molecule has 0 saturated carbocycles. The summed E-state index contributed by atoms with van der Waals surface area (Å²) in [5, 5.41) is 5.96. The van der Waals surface area contributed by atoms with Crippen LogP contribution in [0, 0.1) is 0 Å². The minimum absolute atomic E-state index is 0.0125. The molecule has 0 atom stereocenters. The lowest BCUT2D eigenvalue weighted by molar-refractivity contribution is -0.138. The molecular weight excluding hydrogens is 329 g/mol. The van der Waals surface area contributed by atoms with Gasteiger partial charge in [-0.1, -0.05) is 11.3 Å². The maximum atomic E-state index is 12.5. The van der Waals surface area contributed by atoms with Crippen LogP contribution in [0.5, 0.6) is 0 Å². The largest absolute Gasteiger partial charge is 0.445 e. The maximum Gasteiger partial charge on any atom is 0.445 e. The highest BCUT2D eigenvalue weighted by molar-refractivity contribution is 7.89. The minimum Gasteiger partial charge on any atom is -0.347 e. The second kappa shape index (κ2) is 6.05. The van der Waals surface area contributed by atoms with Crippen molar-refractivity contribution >= 4 is 26.5 Å². The fraction of sp³-hybridized carbons (Fsp3) is 0.800. The van der Waals surface area contributed by atoms with Gasteiger partial charge in [-0.3, -0.25) is 0 Å². The van der Waals surface area contributed by atoms with Gasteiger partial charge in [0.05, 0.1) is 5.75 Å². The molecule has 0 spiro atoms. The summed E-state index contributed by atoms with van der Waals surface area (Å²) in [5.74, 6) is 0.0125. The Labute approximate surface area is 124 Å². The van der Waals surface area contributed by atoms with Crippen LogP contribution in [-0.4, -0.2) is 43.5 Å². The van der Waals surface area contributed by atoms with Gasteiger partial charge in [0.1, 0.15) is 0 Å². The van der Waals surface area contributed by atoms with E-state index in [0.717, 1.165) is 0 Å². The number of halogens is 3. The number of hydrogen-bond donors (Lipinski definition) is 1. The summed E-state index contributed by atoms with van der Waals surface area (Å²) < 4.78 is 62.9. The fourth-order valence-electron chi connectivity index (χ4n) is 1.98. The van der Waals surface area contributed by atoms with Crippen LogP contribution in [0.25, 0.3) is 0 Å². The number of nitrogens with zero attached hydrogens (tertiary/aromatic N) is 3. The molecule has 0 bridgehead atoms. The average molecular weight is 344 g/mol. The Morgan fingerprint density at radius 3 is 2.43 bits per heavy atom. The lowest BCUT2D eigenvalue weighted by atomic mass is 10.1. The number of rotatable bonds is 4. The molecule has 1 aromatic rings. The first-order valence-corrected chi connectivity index (χ1v) is 8.84. The Bertz CT molecular complexity index is 579. The molecule has 2 rings (SSSR count).